The molecule has 0 aliphatic carbocycles. The molecule has 0 heterocycles. The van der Waals surface area contributed by atoms with Crippen molar-refractivity contribution < 1.29 is 10.2 Å². The molecule has 18 heavy (non-hydrogen) atoms. The molecular weight excluding hydrogens is 224 g/mol. The Morgan fingerprint density at radius 1 is 0.722 bits per heavy atom. The van der Waals surface area contributed by atoms with Crippen LogP contribution in [0.2, 0.25) is 0 Å². The Labute approximate surface area is 114 Å². The average Bonchev–Trinajstić information content (AvgIpc) is 2.35. The fraction of sp³-hybridized carbons (Fsp3) is 1.00. The molecule has 0 aromatic carbocycles. The molecular formula is C16H34O2. The lowest BCUT2D eigenvalue weighted by molar-refractivity contribution is -0.209. The third kappa shape index (κ3) is 8.10. The molecule has 0 bridgehead atoms. The van der Waals surface area contributed by atoms with Crippen molar-refractivity contribution >= 4 is 0 Å². The van der Waals surface area contributed by atoms with E-state index < -0.39 is 5.79 Å². The molecule has 0 radical (unpaired) electrons. The highest BCUT2D eigenvalue weighted by molar-refractivity contribution is 4.76. The second kappa shape index (κ2) is 10.8. The van der Waals surface area contributed by atoms with Crippen LogP contribution in [0.15, 0.2) is 0 Å². The van der Waals surface area contributed by atoms with Gasteiger partial charge in [0.25, 0.3) is 0 Å². The van der Waals surface area contributed by atoms with E-state index in [1.165, 1.54) is 19.3 Å². The number of unbranched alkanes of at least 4 members (excludes halogenated alkanes) is 5. The smallest absolute Gasteiger partial charge is 0.165 e. The van der Waals surface area contributed by atoms with E-state index in [0.717, 1.165) is 44.9 Å². The van der Waals surface area contributed by atoms with Gasteiger partial charge in [-0.2, -0.15) is 0 Å². The minimum Gasteiger partial charge on any atom is -0.365 e. The minimum atomic E-state index is -1.43. The van der Waals surface area contributed by atoms with Gasteiger partial charge in [-0.25, -0.2) is 0 Å². The van der Waals surface area contributed by atoms with Gasteiger partial charge < -0.3 is 10.2 Å². The molecule has 110 valence electrons. The number of aliphatic hydroxyl groups is 2. The summed E-state index contributed by atoms with van der Waals surface area (Å²) in [5, 5.41) is 20.5. The highest BCUT2D eigenvalue weighted by Gasteiger charge is 2.32. The minimum absolute atomic E-state index is 0.0702. The predicted molar refractivity (Wildman–Crippen MR) is 78.5 cm³/mol. The van der Waals surface area contributed by atoms with Gasteiger partial charge in [-0.15, -0.1) is 0 Å². The van der Waals surface area contributed by atoms with Gasteiger partial charge in [0.15, 0.2) is 5.79 Å². The maximum Gasteiger partial charge on any atom is 0.165 e. The van der Waals surface area contributed by atoms with Crippen molar-refractivity contribution in [2.75, 3.05) is 0 Å². The van der Waals surface area contributed by atoms with Crippen molar-refractivity contribution in [2.24, 2.45) is 5.92 Å². The molecule has 1 atom stereocenters. The number of hydrogen-bond donors (Lipinski definition) is 2. The van der Waals surface area contributed by atoms with Crippen LogP contribution in [0.25, 0.3) is 0 Å². The molecule has 0 saturated heterocycles. The first-order chi connectivity index (χ1) is 8.58. The molecule has 2 nitrogen and oxygen atoms in total. The molecule has 0 aromatic rings. The van der Waals surface area contributed by atoms with E-state index in [1.807, 2.05) is 0 Å². The van der Waals surface area contributed by atoms with Crippen LogP contribution in [0.4, 0.5) is 0 Å². The van der Waals surface area contributed by atoms with E-state index in [1.54, 1.807) is 0 Å². The van der Waals surface area contributed by atoms with Crippen LogP contribution in [0, 0.1) is 5.92 Å². The van der Waals surface area contributed by atoms with Crippen molar-refractivity contribution in [3.05, 3.63) is 0 Å². The molecule has 0 spiro atoms. The van der Waals surface area contributed by atoms with Crippen molar-refractivity contribution in [2.45, 2.75) is 97.2 Å². The summed E-state index contributed by atoms with van der Waals surface area (Å²) in [7, 11) is 0. The maximum absolute atomic E-state index is 10.2. The quantitative estimate of drug-likeness (QED) is 0.395. The zero-order valence-corrected chi connectivity index (χ0v) is 12.7. The lowest BCUT2D eigenvalue weighted by Gasteiger charge is -2.31. The van der Waals surface area contributed by atoms with Crippen molar-refractivity contribution in [3.8, 4) is 0 Å². The van der Waals surface area contributed by atoms with Crippen LogP contribution in [0.3, 0.4) is 0 Å². The first-order valence-electron chi connectivity index (χ1n) is 8.03. The summed E-state index contributed by atoms with van der Waals surface area (Å²) in [6.07, 6.45) is 11.5. The van der Waals surface area contributed by atoms with Crippen LogP contribution >= 0.6 is 0 Å². The summed E-state index contributed by atoms with van der Waals surface area (Å²) in [5.74, 6) is -1.36. The molecule has 0 aliphatic heterocycles. The van der Waals surface area contributed by atoms with E-state index in [0.29, 0.717) is 6.42 Å². The van der Waals surface area contributed by atoms with Gasteiger partial charge in [0.1, 0.15) is 0 Å². The van der Waals surface area contributed by atoms with Gasteiger partial charge in [-0.3, -0.25) is 0 Å². The first kappa shape index (κ1) is 17.9. The van der Waals surface area contributed by atoms with Gasteiger partial charge in [-0.05, 0) is 19.3 Å². The van der Waals surface area contributed by atoms with Gasteiger partial charge in [-0.1, -0.05) is 65.7 Å². The molecule has 0 aromatic heterocycles. The zero-order chi connectivity index (χ0) is 13.9. The number of hydrogen-bond acceptors (Lipinski definition) is 2. The van der Waals surface area contributed by atoms with Gasteiger partial charge in [0.2, 0.25) is 0 Å². The molecule has 0 fully saturated rings. The second-order valence-corrected chi connectivity index (χ2v) is 5.67. The summed E-state index contributed by atoms with van der Waals surface area (Å²) < 4.78 is 0. The van der Waals surface area contributed by atoms with Crippen molar-refractivity contribution in [3.63, 3.8) is 0 Å². The lowest BCUT2D eigenvalue weighted by atomic mass is 9.85. The maximum atomic E-state index is 10.2. The van der Waals surface area contributed by atoms with Crippen LogP contribution < -0.4 is 0 Å². The Balaban J connectivity index is 4.17. The third-order valence-corrected chi connectivity index (χ3v) is 3.86. The fourth-order valence-corrected chi connectivity index (χ4v) is 2.52. The molecule has 0 amide bonds. The molecule has 2 N–H and O–H groups in total. The van der Waals surface area contributed by atoms with E-state index in [-0.39, 0.29) is 5.92 Å². The van der Waals surface area contributed by atoms with Gasteiger partial charge in [0, 0.05) is 12.3 Å². The molecule has 1 unspecified atom stereocenters. The second-order valence-electron chi connectivity index (χ2n) is 5.67. The molecule has 2 heteroatoms. The zero-order valence-electron chi connectivity index (χ0n) is 12.7. The molecule has 0 aliphatic rings. The van der Waals surface area contributed by atoms with E-state index in [2.05, 4.69) is 20.8 Å². The predicted octanol–water partition coefficient (Wildman–Crippen LogP) is 4.63. The van der Waals surface area contributed by atoms with Crippen LogP contribution in [0.5, 0.6) is 0 Å². The largest absolute Gasteiger partial charge is 0.365 e. The number of rotatable bonds is 12. The average molecular weight is 258 g/mol. The van der Waals surface area contributed by atoms with Crippen LogP contribution in [-0.2, 0) is 0 Å². The monoisotopic (exact) mass is 258 g/mol. The highest BCUT2D eigenvalue weighted by atomic mass is 16.5. The Bertz CT molecular complexity index is 178. The fourth-order valence-electron chi connectivity index (χ4n) is 2.52. The Kier molecular flexibility index (Phi) is 10.8. The lowest BCUT2D eigenvalue weighted by Crippen LogP contribution is -2.37. The highest BCUT2D eigenvalue weighted by Crippen LogP contribution is 2.30. The Morgan fingerprint density at radius 2 is 1.28 bits per heavy atom. The Hall–Kier alpha value is -0.0800. The normalized spacial score (nSPS) is 13.8. The molecule has 0 rings (SSSR count). The van der Waals surface area contributed by atoms with Crippen LogP contribution in [-0.4, -0.2) is 16.0 Å². The third-order valence-electron chi connectivity index (χ3n) is 3.86. The summed E-state index contributed by atoms with van der Waals surface area (Å²) >= 11 is 0. The summed E-state index contributed by atoms with van der Waals surface area (Å²) in [6, 6.07) is 0. The molecule has 0 saturated carbocycles. The van der Waals surface area contributed by atoms with Crippen molar-refractivity contribution in [1.29, 1.82) is 0 Å². The van der Waals surface area contributed by atoms with E-state index in [9.17, 15) is 10.2 Å². The van der Waals surface area contributed by atoms with Gasteiger partial charge >= 0.3 is 0 Å². The van der Waals surface area contributed by atoms with E-state index in [4.69, 9.17) is 0 Å². The van der Waals surface area contributed by atoms with Crippen molar-refractivity contribution in [1.82, 2.24) is 0 Å². The Morgan fingerprint density at radius 3 is 1.83 bits per heavy atom. The summed E-state index contributed by atoms with van der Waals surface area (Å²) in [4.78, 5) is 0. The summed E-state index contributed by atoms with van der Waals surface area (Å²) in [5.41, 5.74) is 0. The van der Waals surface area contributed by atoms with Crippen LogP contribution in [0.1, 0.15) is 91.4 Å². The van der Waals surface area contributed by atoms with Gasteiger partial charge in [0.05, 0.1) is 0 Å². The first-order valence-corrected chi connectivity index (χ1v) is 8.03. The summed E-state index contributed by atoms with van der Waals surface area (Å²) in [6.45, 7) is 6.47. The van der Waals surface area contributed by atoms with E-state index >= 15 is 0 Å². The topological polar surface area (TPSA) is 40.5 Å². The SMILES string of the molecule is CCCCCCC(CCCC)C(O)(O)CCCC. The standard InChI is InChI=1S/C16H34O2/c1-4-7-10-11-13-15(12-8-5-2)16(17,18)14-9-6-3/h15,17-18H,4-14H2,1-3H3.